The lowest BCUT2D eigenvalue weighted by molar-refractivity contribution is 0.414. The second kappa shape index (κ2) is 5.71. The molecule has 0 unspecified atom stereocenters. The van der Waals surface area contributed by atoms with E-state index in [0.29, 0.717) is 17.1 Å². The molecule has 5 nitrogen and oxygen atoms in total. The highest BCUT2D eigenvalue weighted by Gasteiger charge is 2.02. The Balaban J connectivity index is 2.19. The number of nitrogens with two attached hydrogens (primary N) is 1. The lowest BCUT2D eigenvalue weighted by Crippen LogP contribution is -2.17. The molecule has 0 aliphatic rings. The average molecular weight is 277 g/mol. The fourth-order valence-corrected chi connectivity index (χ4v) is 2.14. The van der Waals surface area contributed by atoms with Gasteiger partial charge in [0, 0.05) is 12.6 Å². The number of ether oxygens (including phenoxy) is 1. The number of nitrogens with zero attached hydrogens (tertiary/aromatic N) is 1. The molecule has 6 heteroatoms. The molecule has 0 saturated carbocycles. The molecule has 2 rings (SSSR count). The van der Waals surface area contributed by atoms with Crippen LogP contribution in [0.15, 0.2) is 35.1 Å². The molecule has 1 heterocycles. The second-order valence-electron chi connectivity index (χ2n) is 4.12. The summed E-state index contributed by atoms with van der Waals surface area (Å²) in [6.45, 7) is 0.606. The number of anilines is 1. The van der Waals surface area contributed by atoms with Gasteiger partial charge in [0.25, 0.3) is 5.56 Å². The molecule has 0 amide bonds. The minimum Gasteiger partial charge on any atom is -0.497 e. The predicted octanol–water partition coefficient (Wildman–Crippen LogP) is 1.74. The Bertz CT molecular complexity index is 691. The summed E-state index contributed by atoms with van der Waals surface area (Å²) in [6.07, 6.45) is 0.752. The van der Waals surface area contributed by atoms with Gasteiger partial charge in [-0.1, -0.05) is 12.1 Å². The minimum atomic E-state index is -0.278. The van der Waals surface area contributed by atoms with Gasteiger partial charge in [0.15, 0.2) is 4.77 Å². The van der Waals surface area contributed by atoms with Crippen LogP contribution in [-0.2, 0) is 13.0 Å². The zero-order chi connectivity index (χ0) is 13.8. The molecular weight excluding hydrogens is 262 g/mol. The van der Waals surface area contributed by atoms with Crippen molar-refractivity contribution in [1.29, 1.82) is 0 Å². The molecule has 0 spiro atoms. The molecule has 0 atom stereocenters. The standard InChI is InChI=1S/C13H15N3O2S/c1-18-10-4-2-3-9(7-10)5-6-16-11(14)8-12(17)15-13(16)19/h2-4,7-8H,5-6,14H2,1H3,(H,15,17,19). The summed E-state index contributed by atoms with van der Waals surface area (Å²) < 4.78 is 7.22. The van der Waals surface area contributed by atoms with Gasteiger partial charge in [-0.15, -0.1) is 0 Å². The third-order valence-electron chi connectivity index (χ3n) is 2.82. The van der Waals surface area contributed by atoms with Crippen molar-refractivity contribution in [2.24, 2.45) is 0 Å². The van der Waals surface area contributed by atoms with Crippen molar-refractivity contribution in [3.8, 4) is 5.75 Å². The van der Waals surface area contributed by atoms with E-state index >= 15 is 0 Å². The van der Waals surface area contributed by atoms with Gasteiger partial charge in [0.2, 0.25) is 0 Å². The van der Waals surface area contributed by atoms with Gasteiger partial charge in [0.05, 0.1) is 7.11 Å². The van der Waals surface area contributed by atoms with Crippen LogP contribution in [0.3, 0.4) is 0 Å². The molecule has 0 radical (unpaired) electrons. The number of benzene rings is 1. The number of aromatic amines is 1. The van der Waals surface area contributed by atoms with Crippen LogP contribution in [0.25, 0.3) is 0 Å². The van der Waals surface area contributed by atoms with Crippen LogP contribution >= 0.6 is 12.2 Å². The number of rotatable bonds is 4. The van der Waals surface area contributed by atoms with Gasteiger partial charge >= 0.3 is 0 Å². The zero-order valence-corrected chi connectivity index (χ0v) is 11.4. The smallest absolute Gasteiger partial charge is 0.253 e. The molecule has 1 aromatic carbocycles. The maximum atomic E-state index is 11.2. The Labute approximate surface area is 115 Å². The van der Waals surface area contributed by atoms with E-state index in [1.807, 2.05) is 24.3 Å². The fraction of sp³-hybridized carbons (Fsp3) is 0.231. The van der Waals surface area contributed by atoms with Crippen molar-refractivity contribution in [3.05, 3.63) is 51.0 Å². The topological polar surface area (TPSA) is 73.0 Å². The van der Waals surface area contributed by atoms with Crippen molar-refractivity contribution in [2.75, 3.05) is 12.8 Å². The van der Waals surface area contributed by atoms with Crippen LogP contribution in [-0.4, -0.2) is 16.7 Å². The molecule has 0 bridgehead atoms. The maximum absolute atomic E-state index is 11.2. The van der Waals surface area contributed by atoms with Crippen LogP contribution in [0.4, 0.5) is 5.82 Å². The summed E-state index contributed by atoms with van der Waals surface area (Å²) in [4.78, 5) is 13.7. The van der Waals surface area contributed by atoms with Gasteiger partial charge in [-0.2, -0.15) is 0 Å². The minimum absolute atomic E-state index is 0.278. The highest BCUT2D eigenvalue weighted by Crippen LogP contribution is 2.14. The molecule has 2 aromatic rings. The molecular formula is C13H15N3O2S. The normalized spacial score (nSPS) is 10.4. The van der Waals surface area contributed by atoms with Crippen LogP contribution in [0.5, 0.6) is 5.75 Å². The Morgan fingerprint density at radius 3 is 2.89 bits per heavy atom. The first-order valence-electron chi connectivity index (χ1n) is 5.83. The summed E-state index contributed by atoms with van der Waals surface area (Å²) in [5, 5.41) is 0. The molecule has 0 fully saturated rings. The van der Waals surface area contributed by atoms with Crippen molar-refractivity contribution < 1.29 is 4.74 Å². The van der Waals surface area contributed by atoms with Gasteiger partial charge in [-0.3, -0.25) is 9.78 Å². The average Bonchev–Trinajstić information content (AvgIpc) is 2.37. The number of aryl methyl sites for hydroxylation is 1. The number of H-pyrrole nitrogens is 1. The Morgan fingerprint density at radius 2 is 2.21 bits per heavy atom. The summed E-state index contributed by atoms with van der Waals surface area (Å²) in [5.41, 5.74) is 6.63. The van der Waals surface area contributed by atoms with E-state index in [1.165, 1.54) is 6.07 Å². The number of hydrogen-bond donors (Lipinski definition) is 2. The molecule has 1 aromatic heterocycles. The van der Waals surface area contributed by atoms with Gasteiger partial charge < -0.3 is 15.0 Å². The summed E-state index contributed by atoms with van der Waals surface area (Å²) >= 11 is 5.09. The lowest BCUT2D eigenvalue weighted by atomic mass is 10.1. The first-order chi connectivity index (χ1) is 9.10. The second-order valence-corrected chi connectivity index (χ2v) is 4.50. The first kappa shape index (κ1) is 13.4. The Hall–Kier alpha value is -2.08. The van der Waals surface area contributed by atoms with E-state index in [-0.39, 0.29) is 5.56 Å². The van der Waals surface area contributed by atoms with E-state index in [9.17, 15) is 4.79 Å². The van der Waals surface area contributed by atoms with Gasteiger partial charge in [-0.05, 0) is 36.3 Å². The van der Waals surface area contributed by atoms with Crippen LogP contribution < -0.4 is 16.0 Å². The fourth-order valence-electron chi connectivity index (χ4n) is 1.84. The number of methoxy groups -OCH3 is 1. The highest BCUT2D eigenvalue weighted by molar-refractivity contribution is 7.71. The number of nitrogen functional groups attached to an aromatic ring is 1. The van der Waals surface area contributed by atoms with E-state index in [0.717, 1.165) is 17.7 Å². The van der Waals surface area contributed by atoms with E-state index in [2.05, 4.69) is 4.98 Å². The van der Waals surface area contributed by atoms with Crippen LogP contribution in [0.1, 0.15) is 5.56 Å². The first-order valence-corrected chi connectivity index (χ1v) is 6.23. The van der Waals surface area contributed by atoms with Crippen molar-refractivity contribution >= 4 is 18.0 Å². The van der Waals surface area contributed by atoms with Crippen molar-refractivity contribution in [1.82, 2.24) is 9.55 Å². The van der Waals surface area contributed by atoms with E-state index < -0.39 is 0 Å². The zero-order valence-electron chi connectivity index (χ0n) is 10.6. The maximum Gasteiger partial charge on any atom is 0.253 e. The van der Waals surface area contributed by atoms with Gasteiger partial charge in [-0.25, -0.2) is 0 Å². The summed E-state index contributed by atoms with van der Waals surface area (Å²) in [6, 6.07) is 9.13. The van der Waals surface area contributed by atoms with E-state index in [1.54, 1.807) is 11.7 Å². The van der Waals surface area contributed by atoms with Gasteiger partial charge in [0.1, 0.15) is 11.6 Å². The molecule has 3 N–H and O–H groups in total. The molecule has 19 heavy (non-hydrogen) atoms. The van der Waals surface area contributed by atoms with E-state index in [4.69, 9.17) is 22.7 Å². The van der Waals surface area contributed by atoms with Crippen LogP contribution in [0, 0.1) is 4.77 Å². The number of aromatic nitrogens is 2. The number of hydrogen-bond acceptors (Lipinski definition) is 4. The third-order valence-corrected chi connectivity index (χ3v) is 3.15. The molecule has 100 valence electrons. The summed E-state index contributed by atoms with van der Waals surface area (Å²) in [5.74, 6) is 1.19. The molecule has 0 aliphatic heterocycles. The third kappa shape index (κ3) is 3.23. The summed E-state index contributed by atoms with van der Waals surface area (Å²) in [7, 11) is 1.63. The highest BCUT2D eigenvalue weighted by atomic mass is 32.1. The lowest BCUT2D eigenvalue weighted by Gasteiger charge is -2.10. The quantitative estimate of drug-likeness (QED) is 0.835. The largest absolute Gasteiger partial charge is 0.497 e. The molecule has 0 saturated heterocycles. The number of nitrogens with one attached hydrogen (secondary N) is 1. The SMILES string of the molecule is COc1cccc(CCn2c(N)cc(=O)[nH]c2=S)c1. The predicted molar refractivity (Wildman–Crippen MR) is 77.0 cm³/mol. The van der Waals surface area contributed by atoms with Crippen LogP contribution in [0.2, 0.25) is 0 Å². The molecule has 0 aliphatic carbocycles. The Kier molecular flexibility index (Phi) is 4.01. The van der Waals surface area contributed by atoms with Crippen molar-refractivity contribution in [3.63, 3.8) is 0 Å². The Morgan fingerprint density at radius 1 is 1.42 bits per heavy atom. The monoisotopic (exact) mass is 277 g/mol. The van der Waals surface area contributed by atoms with Crippen molar-refractivity contribution in [2.45, 2.75) is 13.0 Å².